The molecule has 1 saturated carbocycles. The third kappa shape index (κ3) is 4.62. The van der Waals surface area contributed by atoms with Crippen molar-refractivity contribution in [2.75, 3.05) is 18.5 Å². The van der Waals surface area contributed by atoms with Gasteiger partial charge in [-0.3, -0.25) is 4.79 Å². The topological polar surface area (TPSA) is 105 Å². The molecule has 3 aromatic carbocycles. The van der Waals surface area contributed by atoms with Crippen LogP contribution in [0.5, 0.6) is 0 Å². The van der Waals surface area contributed by atoms with Gasteiger partial charge in [-0.2, -0.15) is 0 Å². The van der Waals surface area contributed by atoms with E-state index in [1.165, 1.54) is 17.2 Å². The van der Waals surface area contributed by atoms with Gasteiger partial charge in [-0.15, -0.1) is 0 Å². The Morgan fingerprint density at radius 3 is 2.26 bits per heavy atom. The Morgan fingerprint density at radius 2 is 1.63 bits per heavy atom. The maximum Gasteiger partial charge on any atom is 0.407 e. The summed E-state index contributed by atoms with van der Waals surface area (Å²) in [6.45, 7) is 2.31. The number of carboxylic acids is 1. The number of hydrogen-bond acceptors (Lipinski definition) is 4. The number of ether oxygens (including phenoxy) is 1. The van der Waals surface area contributed by atoms with Crippen LogP contribution in [0.3, 0.4) is 0 Å². The van der Waals surface area contributed by atoms with Gasteiger partial charge in [0.1, 0.15) is 6.61 Å². The lowest BCUT2D eigenvalue weighted by molar-refractivity contribution is -0.117. The van der Waals surface area contributed by atoms with Crippen molar-refractivity contribution < 1.29 is 24.2 Å². The lowest BCUT2D eigenvalue weighted by Gasteiger charge is -2.14. The normalized spacial score (nSPS) is 17.7. The van der Waals surface area contributed by atoms with E-state index < -0.39 is 12.1 Å². The number of rotatable bonds is 7. The quantitative estimate of drug-likeness (QED) is 0.460. The predicted molar refractivity (Wildman–Crippen MR) is 131 cm³/mol. The summed E-state index contributed by atoms with van der Waals surface area (Å²) in [6, 6.07) is 21.1. The fourth-order valence-electron chi connectivity index (χ4n) is 4.87. The molecule has 0 heterocycles. The number of anilines is 1. The van der Waals surface area contributed by atoms with Crippen LogP contribution in [-0.2, 0) is 9.53 Å². The van der Waals surface area contributed by atoms with Gasteiger partial charge in [-0.05, 0) is 65.3 Å². The zero-order valence-corrected chi connectivity index (χ0v) is 19.3. The molecule has 0 spiro atoms. The monoisotopic (exact) mass is 470 g/mol. The molecule has 2 amide bonds. The van der Waals surface area contributed by atoms with Crippen molar-refractivity contribution in [3.63, 3.8) is 0 Å². The molecule has 1 fully saturated rings. The highest BCUT2D eigenvalue weighted by atomic mass is 16.5. The molecule has 0 unspecified atom stereocenters. The molecule has 0 radical (unpaired) electrons. The van der Waals surface area contributed by atoms with Crippen LogP contribution in [0, 0.1) is 18.8 Å². The maximum atomic E-state index is 12.5. The molecule has 7 nitrogen and oxygen atoms in total. The fraction of sp³-hybridized carbons (Fsp3) is 0.250. The number of nitrogens with one attached hydrogen (secondary N) is 2. The third-order valence-corrected chi connectivity index (χ3v) is 6.84. The highest BCUT2D eigenvalue weighted by molar-refractivity contribution is 5.96. The molecular weight excluding hydrogens is 444 g/mol. The first-order chi connectivity index (χ1) is 16.9. The van der Waals surface area contributed by atoms with E-state index in [1.54, 1.807) is 19.1 Å². The molecule has 0 bridgehead atoms. The van der Waals surface area contributed by atoms with Gasteiger partial charge in [0.2, 0.25) is 5.91 Å². The minimum atomic E-state index is -0.998. The van der Waals surface area contributed by atoms with Crippen LogP contribution in [0.4, 0.5) is 10.5 Å². The van der Waals surface area contributed by atoms with Crippen LogP contribution in [-0.4, -0.2) is 36.2 Å². The summed E-state index contributed by atoms with van der Waals surface area (Å²) in [7, 11) is 0. The van der Waals surface area contributed by atoms with Gasteiger partial charge in [-0.25, -0.2) is 9.59 Å². The van der Waals surface area contributed by atoms with Gasteiger partial charge in [0, 0.05) is 24.1 Å². The molecule has 0 saturated heterocycles. The Kier molecular flexibility index (Phi) is 5.99. The second-order valence-electron chi connectivity index (χ2n) is 9.13. The lowest BCUT2D eigenvalue weighted by atomic mass is 9.98. The van der Waals surface area contributed by atoms with Crippen LogP contribution in [0.2, 0.25) is 0 Å². The average Bonchev–Trinajstić information content (AvgIpc) is 3.56. The number of amides is 2. The summed E-state index contributed by atoms with van der Waals surface area (Å²) >= 11 is 0. The number of benzene rings is 3. The van der Waals surface area contributed by atoms with Crippen LogP contribution in [0.15, 0.2) is 66.7 Å². The first-order valence-corrected chi connectivity index (χ1v) is 11.7. The highest BCUT2D eigenvalue weighted by Gasteiger charge is 2.43. The number of carboxylic acid groups (broad SMARTS) is 1. The lowest BCUT2D eigenvalue weighted by Crippen LogP contribution is -2.29. The number of fused-ring (bicyclic) bond motifs is 3. The average molecular weight is 471 g/mol. The number of alkyl carbamates (subject to hydrolysis) is 1. The first kappa shape index (κ1) is 22.7. The molecule has 178 valence electrons. The minimum Gasteiger partial charge on any atom is -0.478 e. The number of aromatic carboxylic acids is 1. The smallest absolute Gasteiger partial charge is 0.407 e. The number of aryl methyl sites for hydroxylation is 1. The first-order valence-electron chi connectivity index (χ1n) is 11.7. The van der Waals surface area contributed by atoms with E-state index in [9.17, 15) is 14.4 Å². The summed E-state index contributed by atoms with van der Waals surface area (Å²) in [4.78, 5) is 36.0. The SMILES string of the molecule is Cc1cc(NC(=O)[C@@H]2C[C@@H]2CNC(=O)OCC2c3ccccc3-c3ccccc32)ccc1C(=O)O. The van der Waals surface area contributed by atoms with Gasteiger partial charge in [0.05, 0.1) is 5.56 Å². The van der Waals surface area contributed by atoms with E-state index in [0.29, 0.717) is 24.2 Å². The van der Waals surface area contributed by atoms with E-state index in [0.717, 1.165) is 11.1 Å². The zero-order chi connectivity index (χ0) is 24.5. The number of carbonyl (C=O) groups excluding carboxylic acids is 2. The number of carbonyl (C=O) groups is 3. The number of hydrogen-bond donors (Lipinski definition) is 3. The fourth-order valence-corrected chi connectivity index (χ4v) is 4.87. The molecule has 3 aromatic rings. The van der Waals surface area contributed by atoms with Crippen molar-refractivity contribution >= 4 is 23.7 Å². The van der Waals surface area contributed by atoms with Gasteiger partial charge in [0.25, 0.3) is 0 Å². The van der Waals surface area contributed by atoms with Crippen LogP contribution in [0.25, 0.3) is 11.1 Å². The van der Waals surface area contributed by atoms with Crippen molar-refractivity contribution in [3.05, 3.63) is 89.0 Å². The Labute approximate surface area is 203 Å². The molecule has 0 aromatic heterocycles. The molecule has 0 aliphatic heterocycles. The van der Waals surface area contributed by atoms with E-state index >= 15 is 0 Å². The third-order valence-electron chi connectivity index (χ3n) is 6.84. The predicted octanol–water partition coefficient (Wildman–Crippen LogP) is 4.81. The van der Waals surface area contributed by atoms with Gasteiger partial charge < -0.3 is 20.5 Å². The van der Waals surface area contributed by atoms with E-state index in [4.69, 9.17) is 9.84 Å². The molecule has 2 aliphatic carbocycles. The van der Waals surface area contributed by atoms with Crippen LogP contribution in [0.1, 0.15) is 39.4 Å². The molecule has 7 heteroatoms. The van der Waals surface area contributed by atoms with Gasteiger partial charge in [-0.1, -0.05) is 48.5 Å². The van der Waals surface area contributed by atoms with Crippen LogP contribution >= 0.6 is 0 Å². The zero-order valence-electron chi connectivity index (χ0n) is 19.3. The van der Waals surface area contributed by atoms with Crippen molar-refractivity contribution in [2.24, 2.45) is 11.8 Å². The Bertz CT molecular complexity index is 1270. The van der Waals surface area contributed by atoms with Crippen molar-refractivity contribution in [1.29, 1.82) is 0 Å². The maximum absolute atomic E-state index is 12.5. The van der Waals surface area contributed by atoms with E-state index in [1.807, 2.05) is 24.3 Å². The minimum absolute atomic E-state index is 0.00331. The van der Waals surface area contributed by atoms with Gasteiger partial charge in [0.15, 0.2) is 0 Å². The molecule has 5 rings (SSSR count). The van der Waals surface area contributed by atoms with Crippen LogP contribution < -0.4 is 10.6 Å². The summed E-state index contributed by atoms with van der Waals surface area (Å²) < 4.78 is 5.55. The van der Waals surface area contributed by atoms with Crippen molar-refractivity contribution in [2.45, 2.75) is 19.3 Å². The molecule has 35 heavy (non-hydrogen) atoms. The van der Waals surface area contributed by atoms with E-state index in [2.05, 4.69) is 34.9 Å². The second kappa shape index (κ2) is 9.25. The largest absolute Gasteiger partial charge is 0.478 e. The Hall–Kier alpha value is -4.13. The summed E-state index contributed by atoms with van der Waals surface area (Å²) in [6.07, 6.45) is 0.194. The molecule has 2 atom stereocenters. The molecule has 3 N–H and O–H groups in total. The molecule has 2 aliphatic rings. The standard InChI is InChI=1S/C28H26N2O5/c1-16-12-18(10-11-19(16)27(32)33)30-26(31)24-13-17(24)14-29-28(34)35-15-25-22-8-4-2-6-20(22)21-7-3-5-9-23(21)25/h2-12,17,24-25H,13-15H2,1H3,(H,29,34)(H,30,31)(H,32,33)/t17-,24-/m1/s1. The Balaban J connectivity index is 1.10. The summed E-state index contributed by atoms with van der Waals surface area (Å²) in [5.41, 5.74) is 6.03. The molecular formula is C28H26N2O5. The summed E-state index contributed by atoms with van der Waals surface area (Å²) in [5.74, 6) is -1.27. The highest BCUT2D eigenvalue weighted by Crippen LogP contribution is 2.44. The van der Waals surface area contributed by atoms with Gasteiger partial charge >= 0.3 is 12.1 Å². The van der Waals surface area contributed by atoms with E-state index in [-0.39, 0.29) is 35.8 Å². The summed E-state index contributed by atoms with van der Waals surface area (Å²) in [5, 5.41) is 14.8. The van der Waals surface area contributed by atoms with Crippen molar-refractivity contribution in [3.8, 4) is 11.1 Å². The van der Waals surface area contributed by atoms with Crippen molar-refractivity contribution in [1.82, 2.24) is 5.32 Å². The second-order valence-corrected chi connectivity index (χ2v) is 9.13. The Morgan fingerprint density at radius 1 is 0.971 bits per heavy atom.